The summed E-state index contributed by atoms with van der Waals surface area (Å²) in [6, 6.07) is 7.20. The maximum Gasteiger partial charge on any atom is 0.266 e. The SMILES string of the molecule is CCCCCOc1ccc(/C=C(\C#N)C(=O)Nc2sc3c(c2C(N)=O)CCCC3)cc1OC. The molecule has 0 saturated heterocycles. The summed E-state index contributed by atoms with van der Waals surface area (Å²) >= 11 is 1.37. The van der Waals surface area contributed by atoms with Crippen molar-refractivity contribution in [2.24, 2.45) is 5.73 Å². The van der Waals surface area contributed by atoms with E-state index >= 15 is 0 Å². The Balaban J connectivity index is 1.80. The Morgan fingerprint density at radius 3 is 2.73 bits per heavy atom. The predicted octanol–water partition coefficient (Wildman–Crippen LogP) is 4.85. The topological polar surface area (TPSA) is 114 Å². The molecule has 3 rings (SSSR count). The summed E-state index contributed by atoms with van der Waals surface area (Å²) in [5, 5.41) is 12.7. The van der Waals surface area contributed by atoms with Crippen LogP contribution in [0.1, 0.15) is 65.4 Å². The van der Waals surface area contributed by atoms with Gasteiger partial charge < -0.3 is 20.5 Å². The zero-order chi connectivity index (χ0) is 23.8. The van der Waals surface area contributed by atoms with Crippen LogP contribution in [0.5, 0.6) is 11.5 Å². The van der Waals surface area contributed by atoms with Gasteiger partial charge in [-0.2, -0.15) is 5.26 Å². The number of nitrogens with zero attached hydrogens (tertiary/aromatic N) is 1. The largest absolute Gasteiger partial charge is 0.493 e. The van der Waals surface area contributed by atoms with Gasteiger partial charge in [0.15, 0.2) is 11.5 Å². The van der Waals surface area contributed by atoms with Crippen LogP contribution in [0.2, 0.25) is 0 Å². The molecule has 0 fully saturated rings. The van der Waals surface area contributed by atoms with Crippen molar-refractivity contribution in [1.29, 1.82) is 5.26 Å². The quantitative estimate of drug-likeness (QED) is 0.294. The minimum Gasteiger partial charge on any atom is -0.493 e. The second kappa shape index (κ2) is 11.5. The maximum atomic E-state index is 12.9. The second-order valence-electron chi connectivity index (χ2n) is 7.87. The van der Waals surface area contributed by atoms with Gasteiger partial charge in [0.25, 0.3) is 11.8 Å². The number of aryl methyl sites for hydroxylation is 1. The fraction of sp³-hybridized carbons (Fsp3) is 0.400. The highest BCUT2D eigenvalue weighted by Crippen LogP contribution is 2.38. The zero-order valence-electron chi connectivity index (χ0n) is 19.0. The van der Waals surface area contributed by atoms with Crippen LogP contribution in [0.4, 0.5) is 5.00 Å². The summed E-state index contributed by atoms with van der Waals surface area (Å²) in [7, 11) is 1.55. The molecular weight excluding hydrogens is 438 g/mol. The molecule has 8 heteroatoms. The number of amides is 2. The summed E-state index contributed by atoms with van der Waals surface area (Å²) in [5.74, 6) is -0.00669. The average molecular weight is 468 g/mol. The van der Waals surface area contributed by atoms with Crippen LogP contribution in [-0.2, 0) is 17.6 Å². The van der Waals surface area contributed by atoms with Crippen molar-refractivity contribution < 1.29 is 19.1 Å². The molecule has 0 atom stereocenters. The first kappa shape index (κ1) is 24.3. The van der Waals surface area contributed by atoms with E-state index in [0.29, 0.717) is 34.2 Å². The van der Waals surface area contributed by atoms with E-state index in [1.807, 2.05) is 6.07 Å². The molecule has 0 bridgehead atoms. The Bertz CT molecular complexity index is 1100. The van der Waals surface area contributed by atoms with Crippen molar-refractivity contribution in [2.75, 3.05) is 19.0 Å². The van der Waals surface area contributed by atoms with Crippen molar-refractivity contribution in [3.8, 4) is 17.6 Å². The molecule has 3 N–H and O–H groups in total. The Kier molecular flexibility index (Phi) is 8.50. The number of methoxy groups -OCH3 is 1. The Hall–Kier alpha value is -3.31. The molecule has 174 valence electrons. The van der Waals surface area contributed by atoms with Gasteiger partial charge in [0.2, 0.25) is 0 Å². The maximum absolute atomic E-state index is 12.9. The number of thiophene rings is 1. The van der Waals surface area contributed by atoms with Gasteiger partial charge in [-0.1, -0.05) is 25.8 Å². The number of fused-ring (bicyclic) bond motifs is 1. The molecule has 0 saturated carbocycles. The number of unbranched alkanes of at least 4 members (excludes halogenated alkanes) is 2. The van der Waals surface area contributed by atoms with E-state index in [1.165, 1.54) is 17.4 Å². The predicted molar refractivity (Wildman–Crippen MR) is 130 cm³/mol. The third-order valence-corrected chi connectivity index (χ3v) is 6.72. The molecule has 33 heavy (non-hydrogen) atoms. The van der Waals surface area contributed by atoms with E-state index in [9.17, 15) is 14.9 Å². The Morgan fingerprint density at radius 2 is 2.03 bits per heavy atom. The van der Waals surface area contributed by atoms with Gasteiger partial charge in [-0.25, -0.2) is 0 Å². The van der Waals surface area contributed by atoms with Crippen molar-refractivity contribution in [3.63, 3.8) is 0 Å². The molecule has 2 aromatic rings. The lowest BCUT2D eigenvalue weighted by atomic mass is 9.95. The van der Waals surface area contributed by atoms with Gasteiger partial charge in [0.05, 0.1) is 19.3 Å². The highest BCUT2D eigenvalue weighted by Gasteiger charge is 2.25. The number of nitrogens with two attached hydrogens (primary N) is 1. The highest BCUT2D eigenvalue weighted by molar-refractivity contribution is 7.17. The van der Waals surface area contributed by atoms with E-state index in [2.05, 4.69) is 12.2 Å². The third-order valence-electron chi connectivity index (χ3n) is 5.51. The number of nitriles is 1. The van der Waals surface area contributed by atoms with E-state index in [4.69, 9.17) is 15.2 Å². The number of anilines is 1. The smallest absolute Gasteiger partial charge is 0.266 e. The van der Waals surface area contributed by atoms with Crippen LogP contribution in [0, 0.1) is 11.3 Å². The number of hydrogen-bond donors (Lipinski definition) is 2. The van der Waals surface area contributed by atoms with Crippen molar-refractivity contribution in [2.45, 2.75) is 51.9 Å². The van der Waals surface area contributed by atoms with E-state index in [0.717, 1.165) is 55.4 Å². The minimum atomic E-state index is -0.586. The molecule has 1 aliphatic rings. The summed E-state index contributed by atoms with van der Waals surface area (Å²) in [6.45, 7) is 2.73. The van der Waals surface area contributed by atoms with Gasteiger partial charge in [0.1, 0.15) is 16.6 Å². The molecule has 0 aliphatic heterocycles. The second-order valence-corrected chi connectivity index (χ2v) is 8.97. The van der Waals surface area contributed by atoms with Crippen LogP contribution >= 0.6 is 11.3 Å². The van der Waals surface area contributed by atoms with Crippen LogP contribution < -0.4 is 20.5 Å². The van der Waals surface area contributed by atoms with E-state index in [-0.39, 0.29) is 5.57 Å². The van der Waals surface area contributed by atoms with Gasteiger partial charge >= 0.3 is 0 Å². The van der Waals surface area contributed by atoms with Crippen molar-refractivity contribution >= 4 is 34.2 Å². The fourth-order valence-corrected chi connectivity index (χ4v) is 5.12. The number of carbonyl (C=O) groups excluding carboxylic acids is 2. The third kappa shape index (κ3) is 5.93. The number of nitrogens with one attached hydrogen (secondary N) is 1. The summed E-state index contributed by atoms with van der Waals surface area (Å²) in [4.78, 5) is 26.0. The summed E-state index contributed by atoms with van der Waals surface area (Å²) in [5.41, 5.74) is 7.43. The standard InChI is InChI=1S/C25H29N3O4S/c1-3-4-7-12-32-19-11-10-16(14-20(19)31-2)13-17(15-26)24(30)28-25-22(23(27)29)18-8-5-6-9-21(18)33-25/h10-11,13-14H,3-9,12H2,1-2H3,(H2,27,29)(H,28,30)/b17-13+. The van der Waals surface area contributed by atoms with Gasteiger partial charge in [-0.15, -0.1) is 11.3 Å². The molecule has 2 amide bonds. The lowest BCUT2D eigenvalue weighted by Gasteiger charge is -2.11. The highest BCUT2D eigenvalue weighted by atomic mass is 32.1. The molecule has 0 spiro atoms. The molecule has 1 aliphatic carbocycles. The summed E-state index contributed by atoms with van der Waals surface area (Å²) < 4.78 is 11.2. The van der Waals surface area contributed by atoms with Crippen molar-refractivity contribution in [3.05, 3.63) is 45.3 Å². The molecule has 0 radical (unpaired) electrons. The first-order valence-corrected chi connectivity index (χ1v) is 12.0. The Morgan fingerprint density at radius 1 is 1.24 bits per heavy atom. The first-order valence-electron chi connectivity index (χ1n) is 11.2. The normalized spacial score (nSPS) is 13.1. The molecule has 1 aromatic carbocycles. The molecule has 1 heterocycles. The average Bonchev–Trinajstić information content (AvgIpc) is 3.18. The molecular formula is C25H29N3O4S. The molecule has 1 aromatic heterocycles. The number of ether oxygens (including phenoxy) is 2. The number of hydrogen-bond acceptors (Lipinski definition) is 6. The van der Waals surface area contributed by atoms with Crippen molar-refractivity contribution in [1.82, 2.24) is 0 Å². The minimum absolute atomic E-state index is 0.0875. The van der Waals surface area contributed by atoms with E-state index in [1.54, 1.807) is 25.3 Å². The number of carbonyl (C=O) groups is 2. The lowest BCUT2D eigenvalue weighted by Crippen LogP contribution is -2.19. The van der Waals surface area contributed by atoms with E-state index < -0.39 is 11.8 Å². The lowest BCUT2D eigenvalue weighted by molar-refractivity contribution is -0.112. The van der Waals surface area contributed by atoms with Crippen LogP contribution in [0.15, 0.2) is 23.8 Å². The summed E-state index contributed by atoms with van der Waals surface area (Å²) in [6.07, 6.45) is 8.31. The fourth-order valence-electron chi connectivity index (χ4n) is 3.83. The zero-order valence-corrected chi connectivity index (χ0v) is 19.8. The molecule has 7 nitrogen and oxygen atoms in total. The molecule has 0 unspecified atom stereocenters. The van der Waals surface area contributed by atoms with Gasteiger partial charge in [-0.3, -0.25) is 9.59 Å². The monoisotopic (exact) mass is 467 g/mol. The number of primary amides is 1. The Labute approximate surface area is 198 Å². The van der Waals surface area contributed by atoms with Crippen LogP contribution in [0.25, 0.3) is 6.08 Å². The first-order chi connectivity index (χ1) is 16.0. The van der Waals surface area contributed by atoms with Gasteiger partial charge in [-0.05, 0) is 61.4 Å². The number of benzene rings is 1. The number of rotatable bonds is 10. The van der Waals surface area contributed by atoms with Crippen LogP contribution in [-0.4, -0.2) is 25.5 Å². The van der Waals surface area contributed by atoms with Crippen LogP contribution in [0.3, 0.4) is 0 Å². The van der Waals surface area contributed by atoms with Gasteiger partial charge in [0, 0.05) is 4.88 Å².